The summed E-state index contributed by atoms with van der Waals surface area (Å²) in [6.45, 7) is 3.37. The molecule has 2 atom stereocenters. The van der Waals surface area contributed by atoms with Gasteiger partial charge in [-0.05, 0) is 12.8 Å². The highest BCUT2D eigenvalue weighted by Gasteiger charge is 2.23. The molecule has 208 valence electrons. The first-order valence-corrected chi connectivity index (χ1v) is 15.0. The van der Waals surface area contributed by atoms with Crippen molar-refractivity contribution < 1.29 is 37.9 Å². The second-order valence-corrected chi connectivity index (χ2v) is 10.5. The minimum Gasteiger partial charge on any atom is -0.463 e. The largest absolute Gasteiger partial charge is 0.472 e. The molecule has 3 N–H and O–H groups in total. The predicted octanol–water partition coefficient (Wildman–Crippen LogP) is 5.42. The molecule has 0 fully saturated rings. The quantitative estimate of drug-likeness (QED) is 0.0821. The van der Waals surface area contributed by atoms with Crippen molar-refractivity contribution in [2.75, 3.05) is 26.4 Å². The van der Waals surface area contributed by atoms with E-state index >= 15 is 0 Å². The third-order valence-electron chi connectivity index (χ3n) is 5.54. The minimum atomic E-state index is -4.38. The van der Waals surface area contributed by atoms with Crippen molar-refractivity contribution in [2.24, 2.45) is 0 Å². The van der Waals surface area contributed by atoms with E-state index in [1.807, 2.05) is 0 Å². The van der Waals surface area contributed by atoms with Gasteiger partial charge in [-0.25, -0.2) is 4.57 Å². The lowest BCUT2D eigenvalue weighted by Gasteiger charge is -2.15. The molecule has 0 aromatic carbocycles. The Hall–Kier alpha value is -0.990. The standard InChI is InChI=1S/C25H50NO8P/c1-3-5-7-9-10-11-12-13-14-16-18-25(29)32-21-23(27)22-34-35(30,31)33-20-19-26-24(28)17-15-8-6-4-2/h23,27H,3-22H2,1-2H3,(H,26,28)(H,30,31). The van der Waals surface area contributed by atoms with E-state index < -0.39 is 26.5 Å². The number of hydrogen-bond donors (Lipinski definition) is 3. The van der Waals surface area contributed by atoms with Crippen LogP contribution in [0.2, 0.25) is 0 Å². The normalized spacial score (nSPS) is 13.8. The molecule has 10 heteroatoms. The summed E-state index contributed by atoms with van der Waals surface area (Å²) in [7, 11) is -4.38. The Kier molecular flexibility index (Phi) is 22.7. The molecule has 0 aliphatic heterocycles. The van der Waals surface area contributed by atoms with Crippen LogP contribution in [-0.2, 0) is 27.9 Å². The zero-order valence-corrected chi connectivity index (χ0v) is 22.9. The average Bonchev–Trinajstić information content (AvgIpc) is 2.83. The van der Waals surface area contributed by atoms with Crippen molar-refractivity contribution in [3.63, 3.8) is 0 Å². The molecule has 2 unspecified atom stereocenters. The van der Waals surface area contributed by atoms with Crippen LogP contribution in [0.4, 0.5) is 0 Å². The molecule has 0 saturated carbocycles. The number of nitrogens with one attached hydrogen (secondary N) is 1. The van der Waals surface area contributed by atoms with Gasteiger partial charge in [-0.15, -0.1) is 0 Å². The first kappa shape index (κ1) is 34.0. The number of hydrogen-bond acceptors (Lipinski definition) is 7. The Balaban J connectivity index is 3.68. The van der Waals surface area contributed by atoms with Crippen LogP contribution in [0.1, 0.15) is 117 Å². The second-order valence-electron chi connectivity index (χ2n) is 9.03. The maximum atomic E-state index is 11.8. The highest BCUT2D eigenvalue weighted by molar-refractivity contribution is 7.47. The van der Waals surface area contributed by atoms with Crippen LogP contribution in [-0.4, -0.2) is 54.3 Å². The second kappa shape index (κ2) is 23.4. The average molecular weight is 524 g/mol. The number of rotatable bonds is 25. The molecule has 0 aromatic rings. The van der Waals surface area contributed by atoms with E-state index in [9.17, 15) is 24.2 Å². The van der Waals surface area contributed by atoms with E-state index in [0.717, 1.165) is 44.9 Å². The molecule has 0 saturated heterocycles. The number of phosphoric acid groups is 1. The summed E-state index contributed by atoms with van der Waals surface area (Å²) in [6.07, 6.45) is 15.2. The smallest absolute Gasteiger partial charge is 0.463 e. The van der Waals surface area contributed by atoms with Gasteiger partial charge in [0.05, 0.1) is 13.2 Å². The lowest BCUT2D eigenvalue weighted by atomic mass is 10.1. The predicted molar refractivity (Wildman–Crippen MR) is 137 cm³/mol. The van der Waals surface area contributed by atoms with E-state index in [1.165, 1.54) is 44.9 Å². The number of aliphatic hydroxyl groups excluding tert-OH is 1. The lowest BCUT2D eigenvalue weighted by molar-refractivity contribution is -0.147. The van der Waals surface area contributed by atoms with Crippen LogP contribution in [0.3, 0.4) is 0 Å². The van der Waals surface area contributed by atoms with E-state index in [-0.39, 0.29) is 32.1 Å². The number of esters is 1. The molecule has 0 aliphatic carbocycles. The van der Waals surface area contributed by atoms with Gasteiger partial charge in [0.15, 0.2) is 0 Å². The molecule has 1 amide bonds. The molecular formula is C25H50NO8P. The fraction of sp³-hybridized carbons (Fsp3) is 0.920. The molecule has 0 heterocycles. The molecule has 0 radical (unpaired) electrons. The summed E-state index contributed by atoms with van der Waals surface area (Å²) in [5, 5.41) is 12.4. The van der Waals surface area contributed by atoms with Crippen LogP contribution in [0.5, 0.6) is 0 Å². The fourth-order valence-corrected chi connectivity index (χ4v) is 4.19. The number of ether oxygens (including phenoxy) is 1. The Morgan fingerprint density at radius 3 is 1.89 bits per heavy atom. The van der Waals surface area contributed by atoms with Crippen molar-refractivity contribution in [2.45, 2.75) is 123 Å². The lowest BCUT2D eigenvalue weighted by Crippen LogP contribution is -2.27. The maximum Gasteiger partial charge on any atom is 0.472 e. The maximum absolute atomic E-state index is 11.8. The highest BCUT2D eigenvalue weighted by atomic mass is 31.2. The van der Waals surface area contributed by atoms with Gasteiger partial charge in [-0.1, -0.05) is 90.9 Å². The van der Waals surface area contributed by atoms with Crippen molar-refractivity contribution in [3.05, 3.63) is 0 Å². The van der Waals surface area contributed by atoms with Gasteiger partial charge in [0.1, 0.15) is 12.7 Å². The summed E-state index contributed by atoms with van der Waals surface area (Å²) in [5.74, 6) is -0.536. The number of amides is 1. The van der Waals surface area contributed by atoms with Crippen molar-refractivity contribution >= 4 is 19.7 Å². The van der Waals surface area contributed by atoms with Gasteiger partial charge in [0, 0.05) is 19.4 Å². The Morgan fingerprint density at radius 1 is 0.771 bits per heavy atom. The number of carbonyl (C=O) groups excluding carboxylic acids is 2. The summed E-state index contributed by atoms with van der Waals surface area (Å²) in [5.41, 5.74) is 0. The van der Waals surface area contributed by atoms with E-state index in [0.29, 0.717) is 6.42 Å². The topological polar surface area (TPSA) is 131 Å². The van der Waals surface area contributed by atoms with Crippen molar-refractivity contribution in [1.82, 2.24) is 5.32 Å². The Labute approximate surface area is 212 Å². The Morgan fingerprint density at radius 2 is 1.29 bits per heavy atom. The molecule has 0 rings (SSSR count). The van der Waals surface area contributed by atoms with E-state index in [4.69, 9.17) is 13.8 Å². The van der Waals surface area contributed by atoms with Gasteiger partial charge in [-0.3, -0.25) is 18.6 Å². The molecule has 9 nitrogen and oxygen atoms in total. The monoisotopic (exact) mass is 523 g/mol. The molecular weight excluding hydrogens is 473 g/mol. The third kappa shape index (κ3) is 24.5. The van der Waals surface area contributed by atoms with Crippen LogP contribution in [0, 0.1) is 0 Å². The highest BCUT2D eigenvalue weighted by Crippen LogP contribution is 2.42. The number of aliphatic hydroxyl groups is 1. The first-order valence-electron chi connectivity index (χ1n) is 13.5. The summed E-state index contributed by atoms with van der Waals surface area (Å²) in [6, 6.07) is 0. The molecule has 35 heavy (non-hydrogen) atoms. The van der Waals surface area contributed by atoms with Crippen LogP contribution in [0.15, 0.2) is 0 Å². The van der Waals surface area contributed by atoms with Gasteiger partial charge in [0.25, 0.3) is 0 Å². The zero-order chi connectivity index (χ0) is 26.2. The van der Waals surface area contributed by atoms with Gasteiger partial charge in [-0.2, -0.15) is 0 Å². The van der Waals surface area contributed by atoms with Crippen molar-refractivity contribution in [1.29, 1.82) is 0 Å². The van der Waals surface area contributed by atoms with Gasteiger partial charge >= 0.3 is 13.8 Å². The molecule has 0 aliphatic rings. The number of carbonyl (C=O) groups is 2. The van der Waals surface area contributed by atoms with Crippen molar-refractivity contribution in [3.8, 4) is 0 Å². The minimum absolute atomic E-state index is 0.0830. The van der Waals surface area contributed by atoms with Crippen LogP contribution < -0.4 is 5.32 Å². The Bertz CT molecular complexity index is 576. The number of unbranched alkanes of at least 4 members (excludes halogenated alkanes) is 12. The molecule has 0 bridgehead atoms. The zero-order valence-electron chi connectivity index (χ0n) is 22.0. The van der Waals surface area contributed by atoms with Crippen LogP contribution in [0.25, 0.3) is 0 Å². The molecule has 0 aromatic heterocycles. The third-order valence-corrected chi connectivity index (χ3v) is 6.52. The summed E-state index contributed by atoms with van der Waals surface area (Å²) in [4.78, 5) is 33.1. The number of phosphoric ester groups is 1. The molecule has 0 spiro atoms. The summed E-state index contributed by atoms with van der Waals surface area (Å²) < 4.78 is 26.3. The van der Waals surface area contributed by atoms with Gasteiger partial charge < -0.3 is 20.1 Å². The SMILES string of the molecule is CCCCCCCCCCCCC(=O)OCC(O)COP(=O)(O)OCCNC(=O)CCCCCC. The van der Waals surface area contributed by atoms with E-state index in [1.54, 1.807) is 0 Å². The van der Waals surface area contributed by atoms with Crippen LogP contribution >= 0.6 is 7.82 Å². The van der Waals surface area contributed by atoms with E-state index in [2.05, 4.69) is 19.2 Å². The first-order chi connectivity index (χ1) is 16.8. The summed E-state index contributed by atoms with van der Waals surface area (Å²) >= 11 is 0. The fourth-order valence-electron chi connectivity index (χ4n) is 3.44. The van der Waals surface area contributed by atoms with Gasteiger partial charge in [0.2, 0.25) is 5.91 Å².